The average molecular weight is 539 g/mol. The van der Waals surface area contributed by atoms with Crippen LogP contribution in [0.2, 0.25) is 0 Å². The molecular weight excluding hydrogens is 522 g/mol. The molecule has 31 heavy (non-hydrogen) atoms. The minimum absolute atomic E-state index is 0.317. The number of halogens is 2. The Kier molecular flexibility index (Phi) is 6.34. The number of rotatable bonds is 5. The highest BCUT2D eigenvalue weighted by atomic mass is 79.9. The monoisotopic (exact) mass is 537 g/mol. The van der Waals surface area contributed by atoms with E-state index in [1.807, 2.05) is 72.8 Å². The Labute approximate surface area is 196 Å². The molecule has 7 heteroatoms. The van der Waals surface area contributed by atoms with Crippen LogP contribution in [0.3, 0.4) is 0 Å². The van der Waals surface area contributed by atoms with Gasteiger partial charge in [0.2, 0.25) is 0 Å². The first kappa shape index (κ1) is 21.1. The van der Waals surface area contributed by atoms with Crippen molar-refractivity contribution in [2.45, 2.75) is 0 Å². The Morgan fingerprint density at radius 2 is 1.00 bits per heavy atom. The Morgan fingerprint density at radius 1 is 0.581 bits per heavy atom. The molecule has 0 saturated heterocycles. The van der Waals surface area contributed by atoms with Crippen molar-refractivity contribution in [1.29, 1.82) is 0 Å². The molecule has 4 aromatic rings. The van der Waals surface area contributed by atoms with Crippen molar-refractivity contribution in [3.05, 3.63) is 111 Å². The molecule has 1 heterocycles. The lowest BCUT2D eigenvalue weighted by Crippen LogP contribution is -2.20. The van der Waals surface area contributed by atoms with Gasteiger partial charge in [-0.2, -0.15) is 0 Å². The van der Waals surface area contributed by atoms with Crippen LogP contribution in [-0.4, -0.2) is 16.4 Å². The van der Waals surface area contributed by atoms with E-state index in [1.54, 1.807) is 22.8 Å². The molecule has 3 aromatic carbocycles. The molecule has 0 fully saturated rings. The van der Waals surface area contributed by atoms with Gasteiger partial charge in [-0.15, -0.1) is 0 Å². The van der Waals surface area contributed by atoms with Gasteiger partial charge >= 0.3 is 0 Å². The lowest BCUT2D eigenvalue weighted by atomic mass is 10.0. The SMILES string of the molecule is O=C(Nc1ccccc1)c1cccc(C(=O)Nc2ccccc2)c1-n1c(Br)ccc1Br. The number of amides is 2. The second kappa shape index (κ2) is 9.32. The van der Waals surface area contributed by atoms with Crippen LogP contribution >= 0.6 is 31.9 Å². The van der Waals surface area contributed by atoms with E-state index in [4.69, 9.17) is 0 Å². The number of para-hydroxylation sites is 3. The van der Waals surface area contributed by atoms with E-state index < -0.39 is 0 Å². The summed E-state index contributed by atoms with van der Waals surface area (Å²) in [7, 11) is 0. The van der Waals surface area contributed by atoms with E-state index in [2.05, 4.69) is 42.5 Å². The molecule has 0 spiro atoms. The van der Waals surface area contributed by atoms with Gasteiger partial charge in [-0.3, -0.25) is 14.2 Å². The van der Waals surface area contributed by atoms with Gasteiger partial charge < -0.3 is 10.6 Å². The van der Waals surface area contributed by atoms with E-state index in [-0.39, 0.29) is 11.8 Å². The Hall–Kier alpha value is -3.16. The summed E-state index contributed by atoms with van der Waals surface area (Å²) in [5.41, 5.74) is 2.53. The van der Waals surface area contributed by atoms with Crippen molar-refractivity contribution < 1.29 is 9.59 Å². The van der Waals surface area contributed by atoms with Gasteiger partial charge in [-0.05, 0) is 80.4 Å². The van der Waals surface area contributed by atoms with E-state index in [0.29, 0.717) is 37.4 Å². The highest BCUT2D eigenvalue weighted by Crippen LogP contribution is 2.31. The van der Waals surface area contributed by atoms with Crippen molar-refractivity contribution in [3.63, 3.8) is 0 Å². The third-order valence-electron chi connectivity index (χ3n) is 4.60. The fraction of sp³-hybridized carbons (Fsp3) is 0. The van der Waals surface area contributed by atoms with Crippen LogP contribution in [-0.2, 0) is 0 Å². The predicted molar refractivity (Wildman–Crippen MR) is 130 cm³/mol. The first-order valence-electron chi connectivity index (χ1n) is 9.43. The van der Waals surface area contributed by atoms with E-state index in [1.165, 1.54) is 0 Å². The first-order chi connectivity index (χ1) is 15.0. The number of anilines is 2. The topological polar surface area (TPSA) is 63.1 Å². The number of carbonyl (C=O) groups excluding carboxylic acids is 2. The molecule has 5 nitrogen and oxygen atoms in total. The normalized spacial score (nSPS) is 10.5. The van der Waals surface area contributed by atoms with Gasteiger partial charge in [0.15, 0.2) is 0 Å². The van der Waals surface area contributed by atoms with E-state index in [9.17, 15) is 9.59 Å². The number of aromatic nitrogens is 1. The Morgan fingerprint density at radius 3 is 1.42 bits per heavy atom. The van der Waals surface area contributed by atoms with E-state index >= 15 is 0 Å². The molecule has 4 rings (SSSR count). The standard InChI is InChI=1S/C24H17Br2N3O2/c25-20-14-15-21(26)29(20)22-18(23(30)27-16-8-3-1-4-9-16)12-7-13-19(22)24(31)28-17-10-5-2-6-11-17/h1-15H,(H,27,30)(H,28,31). The minimum Gasteiger partial charge on any atom is -0.322 e. The molecule has 0 aliphatic heterocycles. The molecule has 2 amide bonds. The number of hydrogen-bond acceptors (Lipinski definition) is 2. The maximum atomic E-state index is 13.2. The lowest BCUT2D eigenvalue weighted by Gasteiger charge is -2.18. The highest BCUT2D eigenvalue weighted by Gasteiger charge is 2.23. The second-order valence-corrected chi connectivity index (χ2v) is 8.28. The molecule has 0 saturated carbocycles. The zero-order chi connectivity index (χ0) is 21.8. The first-order valence-corrected chi connectivity index (χ1v) is 11.0. The van der Waals surface area contributed by atoms with Gasteiger partial charge in [0, 0.05) is 11.4 Å². The van der Waals surface area contributed by atoms with Gasteiger partial charge in [-0.1, -0.05) is 42.5 Å². The van der Waals surface area contributed by atoms with Crippen molar-refractivity contribution in [2.75, 3.05) is 10.6 Å². The largest absolute Gasteiger partial charge is 0.322 e. The fourth-order valence-corrected chi connectivity index (χ4v) is 4.43. The van der Waals surface area contributed by atoms with Gasteiger partial charge in [0.05, 0.1) is 26.0 Å². The van der Waals surface area contributed by atoms with Crippen LogP contribution in [0.15, 0.2) is 100 Å². The van der Waals surface area contributed by atoms with Crippen LogP contribution < -0.4 is 10.6 Å². The van der Waals surface area contributed by atoms with Crippen LogP contribution in [0.5, 0.6) is 0 Å². The zero-order valence-corrected chi connectivity index (χ0v) is 19.4. The van der Waals surface area contributed by atoms with Gasteiger partial charge in [0.1, 0.15) is 0 Å². The smallest absolute Gasteiger partial charge is 0.257 e. The summed E-state index contributed by atoms with van der Waals surface area (Å²) >= 11 is 7.05. The molecule has 154 valence electrons. The molecule has 0 aliphatic rings. The maximum absolute atomic E-state index is 13.2. The van der Waals surface area contributed by atoms with Crippen molar-refractivity contribution in [1.82, 2.24) is 4.57 Å². The zero-order valence-electron chi connectivity index (χ0n) is 16.2. The summed E-state index contributed by atoms with van der Waals surface area (Å²) in [6.45, 7) is 0. The average Bonchev–Trinajstić information content (AvgIpc) is 3.12. The molecule has 2 N–H and O–H groups in total. The number of nitrogens with one attached hydrogen (secondary N) is 2. The molecule has 0 aliphatic carbocycles. The van der Waals surface area contributed by atoms with Gasteiger partial charge in [0.25, 0.3) is 11.8 Å². The quantitative estimate of drug-likeness (QED) is 0.304. The molecule has 0 unspecified atom stereocenters. The van der Waals surface area contributed by atoms with Crippen LogP contribution in [0.25, 0.3) is 5.69 Å². The molecule has 0 radical (unpaired) electrons. The second-order valence-electron chi connectivity index (χ2n) is 6.66. The highest BCUT2D eigenvalue weighted by molar-refractivity contribution is 9.11. The molecule has 1 aromatic heterocycles. The summed E-state index contributed by atoms with van der Waals surface area (Å²) in [5, 5.41) is 5.80. The number of nitrogens with zero attached hydrogens (tertiary/aromatic N) is 1. The Balaban J connectivity index is 1.81. The third kappa shape index (κ3) is 4.62. The third-order valence-corrected chi connectivity index (χ3v) is 5.84. The number of benzene rings is 3. The molecule has 0 atom stereocenters. The summed E-state index contributed by atoms with van der Waals surface area (Å²) in [5.74, 6) is -0.633. The Bertz CT molecular complexity index is 1150. The van der Waals surface area contributed by atoms with Crippen molar-refractivity contribution in [3.8, 4) is 5.69 Å². The summed E-state index contributed by atoms with van der Waals surface area (Å²) in [6.07, 6.45) is 0. The van der Waals surface area contributed by atoms with E-state index in [0.717, 1.165) is 0 Å². The molecule has 0 bridgehead atoms. The van der Waals surface area contributed by atoms with Crippen molar-refractivity contribution in [2.24, 2.45) is 0 Å². The van der Waals surface area contributed by atoms with Gasteiger partial charge in [-0.25, -0.2) is 0 Å². The number of hydrogen-bond donors (Lipinski definition) is 2. The van der Waals surface area contributed by atoms with Crippen LogP contribution in [0.1, 0.15) is 20.7 Å². The minimum atomic E-state index is -0.317. The summed E-state index contributed by atoms with van der Waals surface area (Å²) in [4.78, 5) is 26.4. The van der Waals surface area contributed by atoms with Crippen LogP contribution in [0.4, 0.5) is 11.4 Å². The summed E-state index contributed by atoms with van der Waals surface area (Å²) in [6, 6.07) is 27.2. The fourth-order valence-electron chi connectivity index (χ4n) is 3.19. The van der Waals surface area contributed by atoms with Crippen molar-refractivity contribution >= 4 is 55.0 Å². The van der Waals surface area contributed by atoms with Crippen LogP contribution in [0, 0.1) is 0 Å². The lowest BCUT2D eigenvalue weighted by molar-refractivity contribution is 0.102. The maximum Gasteiger partial charge on any atom is 0.257 e. The molecular formula is C24H17Br2N3O2. The summed E-state index contributed by atoms with van der Waals surface area (Å²) < 4.78 is 3.18. The number of carbonyl (C=O) groups is 2. The predicted octanol–water partition coefficient (Wildman–Crippen LogP) is 6.51.